The fraction of sp³-hybridized carbons (Fsp3) is 0.200. The highest BCUT2D eigenvalue weighted by molar-refractivity contribution is 14.1. The predicted octanol–water partition coefficient (Wildman–Crippen LogP) is 2.76. The quantitative estimate of drug-likeness (QED) is 0.864. The molecule has 0 aliphatic heterocycles. The van der Waals surface area contributed by atoms with E-state index in [0.29, 0.717) is 6.61 Å². The maximum atomic E-state index is 5.63. The standard InChI is InChI=1S/C10H10IN3OS/c1-12-10-9(13-14-16-10)6-15-8-4-2-3-7(11)5-8/h2-5,12H,6H2,1H3. The van der Waals surface area contributed by atoms with Gasteiger partial charge in [0.1, 0.15) is 23.1 Å². The van der Waals surface area contributed by atoms with Gasteiger partial charge in [0.25, 0.3) is 0 Å². The number of hydrogen-bond acceptors (Lipinski definition) is 5. The number of benzene rings is 1. The van der Waals surface area contributed by atoms with Gasteiger partial charge in [0.05, 0.1) is 0 Å². The zero-order valence-corrected chi connectivity index (χ0v) is 11.6. The summed E-state index contributed by atoms with van der Waals surface area (Å²) in [5.74, 6) is 0.849. The molecule has 0 saturated carbocycles. The van der Waals surface area contributed by atoms with Crippen molar-refractivity contribution in [3.63, 3.8) is 0 Å². The second kappa shape index (κ2) is 5.44. The molecule has 1 aromatic carbocycles. The molecule has 2 rings (SSSR count). The van der Waals surface area contributed by atoms with Crippen molar-refractivity contribution in [2.45, 2.75) is 6.61 Å². The van der Waals surface area contributed by atoms with Crippen LogP contribution in [0.4, 0.5) is 5.00 Å². The summed E-state index contributed by atoms with van der Waals surface area (Å²) < 4.78 is 10.7. The van der Waals surface area contributed by atoms with Crippen LogP contribution in [0.25, 0.3) is 0 Å². The van der Waals surface area contributed by atoms with Crippen molar-refractivity contribution in [2.75, 3.05) is 12.4 Å². The van der Waals surface area contributed by atoms with Gasteiger partial charge in [-0.05, 0) is 40.8 Å². The third kappa shape index (κ3) is 2.82. The SMILES string of the molecule is CNc1snnc1COc1cccc(I)c1. The van der Waals surface area contributed by atoms with Gasteiger partial charge in [-0.2, -0.15) is 0 Å². The molecule has 6 heteroatoms. The van der Waals surface area contributed by atoms with Gasteiger partial charge in [0, 0.05) is 22.2 Å². The minimum Gasteiger partial charge on any atom is -0.487 e. The van der Waals surface area contributed by atoms with E-state index in [1.54, 1.807) is 0 Å². The number of anilines is 1. The Morgan fingerprint density at radius 2 is 2.38 bits per heavy atom. The van der Waals surface area contributed by atoms with E-state index in [1.807, 2.05) is 31.3 Å². The van der Waals surface area contributed by atoms with Crippen molar-refractivity contribution in [3.05, 3.63) is 33.5 Å². The maximum Gasteiger partial charge on any atom is 0.136 e. The molecule has 0 bridgehead atoms. The molecule has 4 nitrogen and oxygen atoms in total. The second-order valence-electron chi connectivity index (χ2n) is 3.04. The smallest absolute Gasteiger partial charge is 0.136 e. The second-order valence-corrected chi connectivity index (χ2v) is 5.04. The minimum atomic E-state index is 0.437. The Bertz CT molecular complexity index is 475. The lowest BCUT2D eigenvalue weighted by molar-refractivity contribution is 0.301. The first kappa shape index (κ1) is 11.6. The number of aromatic nitrogens is 2. The van der Waals surface area contributed by atoms with Crippen LogP contribution in [0.2, 0.25) is 0 Å². The molecule has 0 fully saturated rings. The predicted molar refractivity (Wildman–Crippen MR) is 72.9 cm³/mol. The molecule has 84 valence electrons. The molecule has 0 aliphatic carbocycles. The number of ether oxygens (including phenoxy) is 1. The van der Waals surface area contributed by atoms with Gasteiger partial charge in [-0.3, -0.25) is 0 Å². The highest BCUT2D eigenvalue weighted by atomic mass is 127. The summed E-state index contributed by atoms with van der Waals surface area (Å²) in [6.07, 6.45) is 0. The topological polar surface area (TPSA) is 47.0 Å². The number of halogens is 1. The fourth-order valence-electron chi connectivity index (χ4n) is 1.20. The van der Waals surface area contributed by atoms with Crippen molar-refractivity contribution in [1.82, 2.24) is 9.59 Å². The van der Waals surface area contributed by atoms with Gasteiger partial charge in [-0.1, -0.05) is 10.6 Å². The lowest BCUT2D eigenvalue weighted by Gasteiger charge is -2.05. The Morgan fingerprint density at radius 3 is 3.12 bits per heavy atom. The van der Waals surface area contributed by atoms with Crippen LogP contribution < -0.4 is 10.1 Å². The average Bonchev–Trinajstić information content (AvgIpc) is 2.74. The molecule has 0 saturated heterocycles. The maximum absolute atomic E-state index is 5.63. The molecule has 1 N–H and O–H groups in total. The molecule has 0 amide bonds. The summed E-state index contributed by atoms with van der Waals surface area (Å²) in [5.41, 5.74) is 0.839. The summed E-state index contributed by atoms with van der Waals surface area (Å²) in [7, 11) is 1.85. The number of hydrogen-bond donors (Lipinski definition) is 1. The minimum absolute atomic E-state index is 0.437. The largest absolute Gasteiger partial charge is 0.487 e. The van der Waals surface area contributed by atoms with E-state index in [0.717, 1.165) is 20.0 Å². The van der Waals surface area contributed by atoms with Crippen LogP contribution in [0.15, 0.2) is 24.3 Å². The highest BCUT2D eigenvalue weighted by Crippen LogP contribution is 2.20. The van der Waals surface area contributed by atoms with E-state index in [1.165, 1.54) is 11.5 Å². The first-order chi connectivity index (χ1) is 7.79. The molecule has 0 spiro atoms. The Morgan fingerprint density at radius 1 is 1.50 bits per heavy atom. The van der Waals surface area contributed by atoms with Crippen LogP contribution in [0, 0.1) is 3.57 Å². The van der Waals surface area contributed by atoms with E-state index >= 15 is 0 Å². The summed E-state index contributed by atoms with van der Waals surface area (Å²) in [6.45, 7) is 0.437. The molecule has 0 radical (unpaired) electrons. The fourth-order valence-corrected chi connectivity index (χ4v) is 2.23. The van der Waals surface area contributed by atoms with Gasteiger partial charge in [-0.15, -0.1) is 5.10 Å². The van der Waals surface area contributed by atoms with Crippen molar-refractivity contribution < 1.29 is 4.74 Å². The van der Waals surface area contributed by atoms with E-state index in [4.69, 9.17) is 4.74 Å². The van der Waals surface area contributed by atoms with Gasteiger partial charge in [0.15, 0.2) is 0 Å². The molecule has 1 heterocycles. The molecule has 0 aliphatic rings. The van der Waals surface area contributed by atoms with Crippen molar-refractivity contribution in [2.24, 2.45) is 0 Å². The Hall–Kier alpha value is -0.890. The Labute approximate surface area is 111 Å². The molecule has 1 aromatic heterocycles. The van der Waals surface area contributed by atoms with Gasteiger partial charge >= 0.3 is 0 Å². The van der Waals surface area contributed by atoms with E-state index < -0.39 is 0 Å². The van der Waals surface area contributed by atoms with E-state index in [9.17, 15) is 0 Å². The normalized spacial score (nSPS) is 10.1. The van der Waals surface area contributed by atoms with E-state index in [-0.39, 0.29) is 0 Å². The van der Waals surface area contributed by atoms with Crippen LogP contribution in [-0.4, -0.2) is 16.6 Å². The molecule has 0 atom stereocenters. The molecular formula is C10H10IN3OS. The van der Waals surface area contributed by atoms with Crippen LogP contribution >= 0.6 is 34.1 Å². The summed E-state index contributed by atoms with van der Waals surface area (Å²) in [5, 5.41) is 7.99. The van der Waals surface area contributed by atoms with Crippen molar-refractivity contribution in [1.29, 1.82) is 0 Å². The zero-order chi connectivity index (χ0) is 11.4. The van der Waals surface area contributed by atoms with Crippen LogP contribution in [0.5, 0.6) is 5.75 Å². The third-order valence-electron chi connectivity index (χ3n) is 1.95. The molecule has 0 unspecified atom stereocenters. The molecule has 16 heavy (non-hydrogen) atoms. The first-order valence-corrected chi connectivity index (χ1v) is 6.52. The zero-order valence-electron chi connectivity index (χ0n) is 8.61. The highest BCUT2D eigenvalue weighted by Gasteiger charge is 2.06. The number of rotatable bonds is 4. The Balaban J connectivity index is 2.02. The number of nitrogens with zero attached hydrogens (tertiary/aromatic N) is 2. The summed E-state index contributed by atoms with van der Waals surface area (Å²) in [4.78, 5) is 0. The van der Waals surface area contributed by atoms with Gasteiger partial charge in [0.2, 0.25) is 0 Å². The van der Waals surface area contributed by atoms with Crippen LogP contribution in [0.1, 0.15) is 5.69 Å². The monoisotopic (exact) mass is 347 g/mol. The lowest BCUT2D eigenvalue weighted by atomic mass is 10.3. The van der Waals surface area contributed by atoms with Crippen molar-refractivity contribution >= 4 is 39.1 Å². The van der Waals surface area contributed by atoms with Crippen LogP contribution in [0.3, 0.4) is 0 Å². The van der Waals surface area contributed by atoms with Gasteiger partial charge < -0.3 is 10.1 Å². The molecule has 2 aromatic rings. The third-order valence-corrected chi connectivity index (χ3v) is 3.41. The molecular weight excluding hydrogens is 337 g/mol. The van der Waals surface area contributed by atoms with Crippen LogP contribution in [-0.2, 0) is 6.61 Å². The average molecular weight is 347 g/mol. The number of nitrogens with one attached hydrogen (secondary N) is 1. The Kier molecular flexibility index (Phi) is 3.94. The summed E-state index contributed by atoms with van der Waals surface area (Å²) in [6, 6.07) is 7.91. The summed E-state index contributed by atoms with van der Waals surface area (Å²) >= 11 is 3.59. The lowest BCUT2D eigenvalue weighted by Crippen LogP contribution is -1.99. The van der Waals surface area contributed by atoms with E-state index in [2.05, 4.69) is 37.5 Å². The van der Waals surface area contributed by atoms with Crippen molar-refractivity contribution in [3.8, 4) is 5.75 Å². The van der Waals surface area contributed by atoms with Gasteiger partial charge in [-0.25, -0.2) is 0 Å². The first-order valence-electron chi connectivity index (χ1n) is 4.67.